The second-order valence-corrected chi connectivity index (χ2v) is 4.47. The number of hydrogen-bond acceptors (Lipinski definition) is 2. The molecule has 1 aliphatic rings. The third kappa shape index (κ3) is 5.27. The molecule has 0 amide bonds. The number of hydrogen-bond donors (Lipinski definition) is 1. The Morgan fingerprint density at radius 1 is 1.46 bits per heavy atom. The molecule has 0 aromatic carbocycles. The van der Waals surface area contributed by atoms with Crippen LogP contribution in [0.4, 0.5) is 0 Å². The Bertz CT molecular complexity index is 119. The molecule has 2 nitrogen and oxygen atoms in total. The molecule has 1 saturated heterocycles. The van der Waals surface area contributed by atoms with Crippen LogP contribution in [-0.2, 0) is 4.74 Å². The van der Waals surface area contributed by atoms with Gasteiger partial charge in [-0.2, -0.15) is 0 Å². The van der Waals surface area contributed by atoms with Crippen LogP contribution < -0.4 is 5.32 Å². The van der Waals surface area contributed by atoms with Gasteiger partial charge in [-0.3, -0.25) is 0 Å². The first kappa shape index (κ1) is 11.0. The first-order valence-electron chi connectivity index (χ1n) is 5.57. The normalized spacial score (nSPS) is 23.8. The quantitative estimate of drug-likeness (QED) is 0.662. The Hall–Kier alpha value is -0.0800. The Morgan fingerprint density at radius 2 is 2.31 bits per heavy atom. The molecule has 0 radical (unpaired) electrons. The molecule has 13 heavy (non-hydrogen) atoms. The van der Waals surface area contributed by atoms with E-state index < -0.39 is 0 Å². The van der Waals surface area contributed by atoms with E-state index in [2.05, 4.69) is 19.2 Å². The lowest BCUT2D eigenvalue weighted by Gasteiger charge is -2.22. The Morgan fingerprint density at radius 3 is 2.92 bits per heavy atom. The lowest BCUT2D eigenvalue weighted by atomic mass is 10.0. The highest BCUT2D eigenvalue weighted by Gasteiger charge is 2.12. The van der Waals surface area contributed by atoms with E-state index in [4.69, 9.17) is 4.74 Å². The average Bonchev–Trinajstić information content (AvgIpc) is 2.14. The topological polar surface area (TPSA) is 21.3 Å². The summed E-state index contributed by atoms with van der Waals surface area (Å²) >= 11 is 0. The summed E-state index contributed by atoms with van der Waals surface area (Å²) in [6.07, 6.45) is 3.85. The van der Waals surface area contributed by atoms with E-state index in [1.165, 1.54) is 25.8 Å². The molecule has 1 fully saturated rings. The van der Waals surface area contributed by atoms with E-state index in [0.29, 0.717) is 0 Å². The van der Waals surface area contributed by atoms with E-state index in [1.807, 2.05) is 0 Å². The minimum atomic E-state index is 0.765. The molecule has 1 aliphatic heterocycles. The molecule has 0 spiro atoms. The van der Waals surface area contributed by atoms with Gasteiger partial charge in [0.2, 0.25) is 0 Å². The largest absolute Gasteiger partial charge is 0.381 e. The predicted molar refractivity (Wildman–Crippen MR) is 55.9 cm³/mol. The van der Waals surface area contributed by atoms with E-state index in [0.717, 1.165) is 31.6 Å². The van der Waals surface area contributed by atoms with Crippen LogP contribution in [0.25, 0.3) is 0 Å². The van der Waals surface area contributed by atoms with Crippen LogP contribution >= 0.6 is 0 Å². The molecular weight excluding hydrogens is 162 g/mol. The Labute approximate surface area is 82.0 Å². The zero-order chi connectivity index (χ0) is 9.52. The highest BCUT2D eigenvalue weighted by molar-refractivity contribution is 4.68. The van der Waals surface area contributed by atoms with Crippen molar-refractivity contribution in [2.24, 2.45) is 11.8 Å². The van der Waals surface area contributed by atoms with Crippen molar-refractivity contribution in [3.63, 3.8) is 0 Å². The van der Waals surface area contributed by atoms with Gasteiger partial charge in [0.1, 0.15) is 0 Å². The number of nitrogens with one attached hydrogen (secondary N) is 1. The zero-order valence-corrected chi connectivity index (χ0v) is 9.01. The minimum absolute atomic E-state index is 0.765. The van der Waals surface area contributed by atoms with Crippen molar-refractivity contribution in [1.29, 1.82) is 0 Å². The fraction of sp³-hybridized carbons (Fsp3) is 1.00. The van der Waals surface area contributed by atoms with Gasteiger partial charge < -0.3 is 10.1 Å². The molecule has 0 saturated carbocycles. The Balaban J connectivity index is 1.92. The molecule has 0 unspecified atom stereocenters. The molecule has 2 heteroatoms. The minimum Gasteiger partial charge on any atom is -0.381 e. The average molecular weight is 185 g/mol. The molecule has 0 aromatic heterocycles. The molecule has 1 heterocycles. The fourth-order valence-corrected chi connectivity index (χ4v) is 1.64. The van der Waals surface area contributed by atoms with Crippen molar-refractivity contribution >= 4 is 0 Å². The number of rotatable bonds is 5. The van der Waals surface area contributed by atoms with Gasteiger partial charge >= 0.3 is 0 Å². The molecular formula is C11H23NO. The first-order chi connectivity index (χ1) is 6.29. The third-order valence-corrected chi connectivity index (χ3v) is 2.59. The van der Waals surface area contributed by atoms with Gasteiger partial charge in [-0.15, -0.1) is 0 Å². The maximum absolute atomic E-state index is 5.64. The van der Waals surface area contributed by atoms with Gasteiger partial charge in [-0.1, -0.05) is 13.8 Å². The lowest BCUT2D eigenvalue weighted by molar-refractivity contribution is 0.0825. The lowest BCUT2D eigenvalue weighted by Crippen LogP contribution is -2.32. The standard InChI is InChI=1S/C11H23NO/c1-10(2)5-7-13-9-11-4-3-6-12-8-11/h10-12H,3-9H2,1-2H3/t11-/m0/s1. The van der Waals surface area contributed by atoms with E-state index >= 15 is 0 Å². The maximum atomic E-state index is 5.64. The van der Waals surface area contributed by atoms with Crippen molar-refractivity contribution in [2.75, 3.05) is 26.3 Å². The van der Waals surface area contributed by atoms with Gasteiger partial charge in [-0.05, 0) is 37.6 Å². The van der Waals surface area contributed by atoms with Crippen LogP contribution in [0.5, 0.6) is 0 Å². The van der Waals surface area contributed by atoms with Crippen LogP contribution in [0, 0.1) is 11.8 Å². The van der Waals surface area contributed by atoms with Crippen LogP contribution in [-0.4, -0.2) is 26.3 Å². The van der Waals surface area contributed by atoms with Gasteiger partial charge in [0, 0.05) is 13.2 Å². The second-order valence-electron chi connectivity index (χ2n) is 4.47. The van der Waals surface area contributed by atoms with Gasteiger partial charge in [-0.25, -0.2) is 0 Å². The molecule has 0 bridgehead atoms. The molecule has 1 atom stereocenters. The van der Waals surface area contributed by atoms with Crippen LogP contribution in [0.2, 0.25) is 0 Å². The number of piperidine rings is 1. The van der Waals surface area contributed by atoms with Gasteiger partial charge in [0.15, 0.2) is 0 Å². The number of ether oxygens (including phenoxy) is 1. The summed E-state index contributed by atoms with van der Waals surface area (Å²) in [5, 5.41) is 3.40. The van der Waals surface area contributed by atoms with Crippen molar-refractivity contribution in [1.82, 2.24) is 5.32 Å². The highest BCUT2D eigenvalue weighted by Crippen LogP contribution is 2.10. The molecule has 78 valence electrons. The molecule has 0 aromatic rings. The molecule has 0 aliphatic carbocycles. The summed E-state index contributed by atoms with van der Waals surface area (Å²) in [5.74, 6) is 1.53. The van der Waals surface area contributed by atoms with E-state index in [1.54, 1.807) is 0 Å². The van der Waals surface area contributed by atoms with Crippen LogP contribution in [0.3, 0.4) is 0 Å². The third-order valence-electron chi connectivity index (χ3n) is 2.59. The Kier molecular flexibility index (Phi) is 5.40. The predicted octanol–water partition coefficient (Wildman–Crippen LogP) is 2.05. The summed E-state index contributed by atoms with van der Waals surface area (Å²) in [6.45, 7) is 8.73. The summed E-state index contributed by atoms with van der Waals surface area (Å²) in [5.41, 5.74) is 0. The van der Waals surface area contributed by atoms with Crippen molar-refractivity contribution in [3.8, 4) is 0 Å². The molecule has 1 rings (SSSR count). The van der Waals surface area contributed by atoms with Crippen LogP contribution in [0.1, 0.15) is 33.1 Å². The first-order valence-corrected chi connectivity index (χ1v) is 5.57. The van der Waals surface area contributed by atoms with Gasteiger partial charge in [0.25, 0.3) is 0 Å². The van der Waals surface area contributed by atoms with Crippen molar-refractivity contribution < 1.29 is 4.74 Å². The van der Waals surface area contributed by atoms with Crippen LogP contribution in [0.15, 0.2) is 0 Å². The monoisotopic (exact) mass is 185 g/mol. The second kappa shape index (κ2) is 6.39. The SMILES string of the molecule is CC(C)CCOC[C@H]1CCCNC1. The smallest absolute Gasteiger partial charge is 0.0506 e. The summed E-state index contributed by atoms with van der Waals surface area (Å²) in [4.78, 5) is 0. The van der Waals surface area contributed by atoms with Gasteiger partial charge in [0.05, 0.1) is 6.61 Å². The van der Waals surface area contributed by atoms with E-state index in [-0.39, 0.29) is 0 Å². The summed E-state index contributed by atoms with van der Waals surface area (Å²) < 4.78 is 5.64. The summed E-state index contributed by atoms with van der Waals surface area (Å²) in [6, 6.07) is 0. The van der Waals surface area contributed by atoms with E-state index in [9.17, 15) is 0 Å². The zero-order valence-electron chi connectivity index (χ0n) is 9.01. The van der Waals surface area contributed by atoms with Crippen molar-refractivity contribution in [3.05, 3.63) is 0 Å². The molecule has 1 N–H and O–H groups in total. The van der Waals surface area contributed by atoms with Crippen molar-refractivity contribution in [2.45, 2.75) is 33.1 Å². The summed E-state index contributed by atoms with van der Waals surface area (Å²) in [7, 11) is 0. The fourth-order valence-electron chi connectivity index (χ4n) is 1.64. The maximum Gasteiger partial charge on any atom is 0.0506 e. The highest BCUT2D eigenvalue weighted by atomic mass is 16.5.